The number of piperidine rings is 1. The van der Waals surface area contributed by atoms with E-state index in [0.717, 1.165) is 18.8 Å². The molecule has 1 aliphatic rings. The molecule has 0 aliphatic carbocycles. The number of aryl methyl sites for hydroxylation is 1. The molecule has 2 heterocycles. The van der Waals surface area contributed by atoms with E-state index in [0.29, 0.717) is 23.4 Å². The fourth-order valence-corrected chi connectivity index (χ4v) is 3.65. The van der Waals surface area contributed by atoms with Crippen LogP contribution in [0.4, 0.5) is 0 Å². The lowest BCUT2D eigenvalue weighted by molar-refractivity contribution is 0.168. The molecule has 0 saturated carbocycles. The summed E-state index contributed by atoms with van der Waals surface area (Å²) in [5.74, 6) is 0.920. The van der Waals surface area contributed by atoms with Crippen LogP contribution in [0.2, 0.25) is 0 Å². The van der Waals surface area contributed by atoms with Crippen LogP contribution in [0.5, 0.6) is 11.5 Å². The molecule has 1 aliphatic heterocycles. The molecule has 0 spiro atoms. The molecule has 1 aromatic heterocycles. The van der Waals surface area contributed by atoms with Crippen LogP contribution >= 0.6 is 0 Å². The number of aliphatic hydroxyl groups is 1. The number of benzene rings is 1. The van der Waals surface area contributed by atoms with Crippen molar-refractivity contribution in [3.05, 3.63) is 52.8 Å². The molecule has 0 radical (unpaired) electrons. The van der Waals surface area contributed by atoms with Gasteiger partial charge in [0.2, 0.25) is 0 Å². The van der Waals surface area contributed by atoms with Crippen LogP contribution in [0.1, 0.15) is 47.7 Å². The Kier molecular flexibility index (Phi) is 7.01. The Morgan fingerprint density at radius 1 is 1.21 bits per heavy atom. The van der Waals surface area contributed by atoms with E-state index in [-0.39, 0.29) is 18.4 Å². The smallest absolute Gasteiger partial charge is 0.145 e. The van der Waals surface area contributed by atoms with Crippen LogP contribution < -0.4 is 4.74 Å². The number of rotatable bonds is 7. The molecule has 1 saturated heterocycles. The lowest BCUT2D eigenvalue weighted by Gasteiger charge is -2.34. The van der Waals surface area contributed by atoms with Gasteiger partial charge in [-0.15, -0.1) is 0 Å². The average molecular weight is 383 g/mol. The van der Waals surface area contributed by atoms with Gasteiger partial charge in [0.25, 0.3) is 0 Å². The van der Waals surface area contributed by atoms with Crippen LogP contribution in [0, 0.1) is 6.92 Å². The van der Waals surface area contributed by atoms with Gasteiger partial charge in [-0.05, 0) is 50.6 Å². The Morgan fingerprint density at radius 2 is 1.93 bits per heavy atom. The molecule has 1 aromatic carbocycles. The number of pyridine rings is 1. The monoisotopic (exact) mass is 383 g/mol. The highest BCUT2D eigenvalue weighted by Gasteiger charge is 2.22. The number of aliphatic hydroxyl groups excluding tert-OH is 1. The molecule has 6 nitrogen and oxygen atoms in total. The molecule has 1 fully saturated rings. The van der Waals surface area contributed by atoms with E-state index in [1.807, 2.05) is 12.1 Å². The van der Waals surface area contributed by atoms with Crippen molar-refractivity contribution in [1.82, 2.24) is 9.88 Å². The zero-order valence-corrected chi connectivity index (χ0v) is 16.6. The molecule has 28 heavy (non-hydrogen) atoms. The largest absolute Gasteiger partial charge is 0.505 e. The summed E-state index contributed by atoms with van der Waals surface area (Å²) in [7, 11) is 1.67. The predicted octanol–water partition coefficient (Wildman–Crippen LogP) is 3.24. The summed E-state index contributed by atoms with van der Waals surface area (Å²) in [5.41, 5.74) is 2.85. The van der Waals surface area contributed by atoms with Gasteiger partial charge in [0.05, 0.1) is 32.0 Å². The molecule has 1 atom stereocenters. The highest BCUT2D eigenvalue weighted by atomic mass is 16.5. The van der Waals surface area contributed by atoms with Crippen molar-refractivity contribution in [2.45, 2.75) is 38.8 Å². The summed E-state index contributed by atoms with van der Waals surface area (Å²) in [6.45, 7) is 4.26. The first kappa shape index (κ1) is 20.3. The molecule has 3 rings (SSSR count). The quantitative estimate of drug-likeness (QED) is 0.718. The zero-order valence-electron chi connectivity index (χ0n) is 16.6. The molecule has 2 N–H and O–H groups in total. The Balaban J connectivity index is 1.83. The van der Waals surface area contributed by atoms with E-state index in [1.54, 1.807) is 26.4 Å². The van der Waals surface area contributed by atoms with E-state index in [4.69, 9.17) is 4.74 Å². The first-order chi connectivity index (χ1) is 13.6. The molecule has 6 heteroatoms. The van der Waals surface area contributed by atoms with Crippen molar-refractivity contribution in [3.63, 3.8) is 0 Å². The maximum absolute atomic E-state index is 10.3. The van der Waals surface area contributed by atoms with Gasteiger partial charge >= 0.3 is 0 Å². The summed E-state index contributed by atoms with van der Waals surface area (Å²) in [5, 5.41) is 19.8. The van der Waals surface area contributed by atoms with Crippen molar-refractivity contribution in [1.29, 1.82) is 0 Å². The molecule has 150 valence electrons. The third-order valence-electron chi connectivity index (χ3n) is 5.36. The number of aliphatic imine (C=N–C) groups is 1. The van der Waals surface area contributed by atoms with Crippen molar-refractivity contribution in [2.75, 3.05) is 26.7 Å². The van der Waals surface area contributed by atoms with Crippen LogP contribution in [-0.2, 0) is 6.61 Å². The predicted molar refractivity (Wildman–Crippen MR) is 110 cm³/mol. The van der Waals surface area contributed by atoms with Crippen LogP contribution in [0.15, 0.2) is 35.5 Å². The maximum atomic E-state index is 10.3. The van der Waals surface area contributed by atoms with E-state index in [1.165, 1.54) is 24.8 Å². The maximum Gasteiger partial charge on any atom is 0.145 e. The van der Waals surface area contributed by atoms with E-state index in [9.17, 15) is 10.2 Å². The van der Waals surface area contributed by atoms with E-state index < -0.39 is 0 Å². The highest BCUT2D eigenvalue weighted by Crippen LogP contribution is 2.27. The summed E-state index contributed by atoms with van der Waals surface area (Å²) in [6, 6.07) is 8.34. The SMILES string of the molecule is COc1ccc([C@H](CN=Cc2c(CO)cnc(C)c2O)N2CCCCC2)cc1. The molecule has 2 aromatic rings. The third-order valence-corrected chi connectivity index (χ3v) is 5.36. The van der Waals surface area contributed by atoms with Gasteiger partial charge < -0.3 is 14.9 Å². The highest BCUT2D eigenvalue weighted by molar-refractivity contribution is 5.85. The zero-order chi connectivity index (χ0) is 19.9. The van der Waals surface area contributed by atoms with Crippen molar-refractivity contribution in [2.24, 2.45) is 4.99 Å². The fraction of sp³-hybridized carbons (Fsp3) is 0.455. The van der Waals surface area contributed by atoms with Gasteiger partial charge in [-0.25, -0.2) is 0 Å². The molecular formula is C22H29N3O3. The standard InChI is InChI=1S/C22H29N3O3/c1-16-22(27)20(18(15-26)12-24-16)13-23-14-21(25-10-4-3-5-11-25)17-6-8-19(28-2)9-7-17/h6-9,12-13,21,26-27H,3-5,10-11,14-15H2,1-2H3/t21-/m0/s1. The van der Waals surface area contributed by atoms with Crippen molar-refractivity contribution in [3.8, 4) is 11.5 Å². The summed E-state index contributed by atoms with van der Waals surface area (Å²) < 4.78 is 5.28. The lowest BCUT2D eigenvalue weighted by atomic mass is 10.0. The number of methoxy groups -OCH3 is 1. The molecule has 0 unspecified atom stereocenters. The Morgan fingerprint density at radius 3 is 2.57 bits per heavy atom. The number of aromatic hydroxyl groups is 1. The van der Waals surface area contributed by atoms with E-state index in [2.05, 4.69) is 27.0 Å². The first-order valence-corrected chi connectivity index (χ1v) is 9.80. The molecular weight excluding hydrogens is 354 g/mol. The van der Waals surface area contributed by atoms with Crippen molar-refractivity contribution >= 4 is 6.21 Å². The summed E-state index contributed by atoms with van der Waals surface area (Å²) in [6.07, 6.45) is 6.93. The average Bonchev–Trinajstić information content (AvgIpc) is 2.75. The van der Waals surface area contributed by atoms with Gasteiger partial charge in [0.15, 0.2) is 0 Å². The topological polar surface area (TPSA) is 78.2 Å². The van der Waals surface area contributed by atoms with Crippen molar-refractivity contribution < 1.29 is 14.9 Å². The number of hydrogen-bond donors (Lipinski definition) is 2. The minimum Gasteiger partial charge on any atom is -0.505 e. The second-order valence-electron chi connectivity index (χ2n) is 7.17. The normalized spacial score (nSPS) is 16.4. The first-order valence-electron chi connectivity index (χ1n) is 9.80. The molecule has 0 bridgehead atoms. The Labute approximate surface area is 166 Å². The minimum absolute atomic E-state index is 0.0780. The fourth-order valence-electron chi connectivity index (χ4n) is 3.65. The Hall–Kier alpha value is -2.44. The van der Waals surface area contributed by atoms with Gasteiger partial charge in [-0.2, -0.15) is 0 Å². The summed E-state index contributed by atoms with van der Waals surface area (Å²) >= 11 is 0. The second kappa shape index (κ2) is 9.66. The summed E-state index contributed by atoms with van der Waals surface area (Å²) in [4.78, 5) is 11.2. The number of aromatic nitrogens is 1. The second-order valence-corrected chi connectivity index (χ2v) is 7.17. The van der Waals surface area contributed by atoms with Gasteiger partial charge in [0, 0.05) is 23.5 Å². The lowest BCUT2D eigenvalue weighted by Crippen LogP contribution is -2.35. The van der Waals surface area contributed by atoms with Gasteiger partial charge in [0.1, 0.15) is 11.5 Å². The van der Waals surface area contributed by atoms with Gasteiger partial charge in [-0.3, -0.25) is 14.9 Å². The van der Waals surface area contributed by atoms with Crippen LogP contribution in [0.25, 0.3) is 0 Å². The van der Waals surface area contributed by atoms with Gasteiger partial charge in [-0.1, -0.05) is 18.6 Å². The molecule has 0 amide bonds. The number of ether oxygens (including phenoxy) is 1. The number of likely N-dealkylation sites (tertiary alicyclic amines) is 1. The van der Waals surface area contributed by atoms with E-state index >= 15 is 0 Å². The Bertz CT molecular complexity index is 799. The minimum atomic E-state index is -0.184. The number of nitrogens with zero attached hydrogens (tertiary/aromatic N) is 3. The number of hydrogen-bond acceptors (Lipinski definition) is 6. The van der Waals surface area contributed by atoms with Crippen LogP contribution in [-0.4, -0.2) is 53.1 Å². The third kappa shape index (κ3) is 4.69. The van der Waals surface area contributed by atoms with Crippen LogP contribution in [0.3, 0.4) is 0 Å².